The molecule has 2 atom stereocenters. The van der Waals surface area contributed by atoms with Crippen LogP contribution in [0, 0.1) is 6.92 Å². The van der Waals surface area contributed by atoms with Gasteiger partial charge in [0.2, 0.25) is 11.8 Å². The number of anilines is 2. The molecule has 1 fully saturated rings. The third kappa shape index (κ3) is 5.92. The van der Waals surface area contributed by atoms with Crippen LogP contribution in [0.1, 0.15) is 36.9 Å². The summed E-state index contributed by atoms with van der Waals surface area (Å²) < 4.78 is 0. The van der Waals surface area contributed by atoms with Crippen LogP contribution < -0.4 is 21.3 Å². The molecule has 2 aliphatic heterocycles. The number of rotatable bonds is 6. The van der Waals surface area contributed by atoms with Gasteiger partial charge in [-0.05, 0) is 61.7 Å². The fourth-order valence-corrected chi connectivity index (χ4v) is 4.43. The summed E-state index contributed by atoms with van der Waals surface area (Å²) in [6.45, 7) is 3.61. The predicted molar refractivity (Wildman–Crippen MR) is 138 cm³/mol. The van der Waals surface area contributed by atoms with E-state index in [4.69, 9.17) is 23.2 Å². The van der Waals surface area contributed by atoms with Crippen LogP contribution in [-0.4, -0.2) is 40.6 Å². The molecule has 12 heteroatoms. The van der Waals surface area contributed by atoms with Gasteiger partial charge in [0.25, 0.3) is 11.8 Å². The molecule has 2 aromatic rings. The molecule has 0 saturated carbocycles. The molecular formula is C25H23Cl2N5O5. The highest BCUT2D eigenvalue weighted by atomic mass is 35.5. The summed E-state index contributed by atoms with van der Waals surface area (Å²) in [6.07, 6.45) is 1.18. The second-order valence-electron chi connectivity index (χ2n) is 8.72. The normalized spacial score (nSPS) is 18.3. The Labute approximate surface area is 222 Å². The van der Waals surface area contributed by atoms with Crippen LogP contribution in [0.2, 0.25) is 10.0 Å². The highest BCUT2D eigenvalue weighted by Gasteiger charge is 2.42. The first-order valence-electron chi connectivity index (χ1n) is 11.4. The molecule has 2 heterocycles. The number of nitrogens with one attached hydrogen (secondary N) is 4. The van der Waals surface area contributed by atoms with Gasteiger partial charge in [-0.2, -0.15) is 0 Å². The number of nitrogens with zero attached hydrogens (tertiary/aromatic N) is 1. The topological polar surface area (TPSA) is 137 Å². The molecule has 6 amide bonds. The Hall–Kier alpha value is -3.89. The number of halogens is 2. The van der Waals surface area contributed by atoms with E-state index in [1.54, 1.807) is 43.3 Å². The molecular weight excluding hydrogens is 521 g/mol. The zero-order valence-corrected chi connectivity index (χ0v) is 21.4. The minimum atomic E-state index is -1.06. The molecule has 2 aromatic carbocycles. The highest BCUT2D eigenvalue weighted by Crippen LogP contribution is 2.27. The van der Waals surface area contributed by atoms with Crippen molar-refractivity contribution in [3.05, 3.63) is 69.3 Å². The third-order valence-electron chi connectivity index (χ3n) is 5.95. The van der Waals surface area contributed by atoms with Crippen LogP contribution in [0.5, 0.6) is 0 Å². The van der Waals surface area contributed by atoms with E-state index in [0.717, 1.165) is 16.5 Å². The van der Waals surface area contributed by atoms with Crippen LogP contribution in [0.3, 0.4) is 0 Å². The lowest BCUT2D eigenvalue weighted by Gasteiger charge is -2.28. The molecule has 192 valence electrons. The van der Waals surface area contributed by atoms with E-state index < -0.39 is 41.7 Å². The predicted octanol–water partition coefficient (Wildman–Crippen LogP) is 3.65. The SMILES string of the molecule is Cc1ccc(NC(=O)NC(C)c2cc(Cl)cc(NC3=CC(=O)N(C4CCC(=O)NC4=O)C3=O)c2)cc1Cl. The lowest BCUT2D eigenvalue weighted by Crippen LogP contribution is -2.54. The smallest absolute Gasteiger partial charge is 0.319 e. The fourth-order valence-electron chi connectivity index (χ4n) is 4.01. The van der Waals surface area contributed by atoms with Gasteiger partial charge < -0.3 is 16.0 Å². The number of hydrogen-bond acceptors (Lipinski definition) is 6. The molecule has 0 radical (unpaired) electrons. The minimum Gasteiger partial charge on any atom is -0.351 e. The quantitative estimate of drug-likeness (QED) is 0.410. The van der Waals surface area contributed by atoms with Gasteiger partial charge in [0.1, 0.15) is 11.7 Å². The standard InChI is InChI=1S/C25H23Cl2N5O5/c1-12-3-4-16(10-18(12)27)30-25(37)28-13(2)14-7-15(26)9-17(8-14)29-19-11-22(34)32(24(19)36)20-5-6-21(33)31-23(20)35/h3-4,7-11,13,20,29H,5-6H2,1-2H3,(H2,28,30,37)(H,31,33,35). The number of hydrogen-bond donors (Lipinski definition) is 4. The van der Waals surface area contributed by atoms with Gasteiger partial charge in [-0.15, -0.1) is 0 Å². The van der Waals surface area contributed by atoms with Crippen molar-refractivity contribution in [2.24, 2.45) is 0 Å². The molecule has 37 heavy (non-hydrogen) atoms. The van der Waals surface area contributed by atoms with E-state index in [1.165, 1.54) is 0 Å². The summed E-state index contributed by atoms with van der Waals surface area (Å²) in [6, 6.07) is 8.07. The Morgan fingerprint density at radius 3 is 2.54 bits per heavy atom. The Bertz CT molecular complexity index is 1360. The van der Waals surface area contributed by atoms with Gasteiger partial charge >= 0.3 is 6.03 Å². The first-order chi connectivity index (χ1) is 17.5. The van der Waals surface area contributed by atoms with Gasteiger partial charge in [0.05, 0.1) is 6.04 Å². The van der Waals surface area contributed by atoms with Gasteiger partial charge in [0.15, 0.2) is 0 Å². The van der Waals surface area contributed by atoms with E-state index in [-0.39, 0.29) is 18.5 Å². The largest absolute Gasteiger partial charge is 0.351 e. The van der Waals surface area contributed by atoms with Crippen molar-refractivity contribution >= 4 is 64.2 Å². The number of amides is 6. The van der Waals surface area contributed by atoms with E-state index >= 15 is 0 Å². The third-order valence-corrected chi connectivity index (χ3v) is 6.58. The van der Waals surface area contributed by atoms with E-state index in [1.807, 2.05) is 6.92 Å². The monoisotopic (exact) mass is 543 g/mol. The summed E-state index contributed by atoms with van der Waals surface area (Å²) in [5.41, 5.74) is 2.41. The number of piperidine rings is 1. The molecule has 1 saturated heterocycles. The Morgan fingerprint density at radius 1 is 1.08 bits per heavy atom. The summed E-state index contributed by atoms with van der Waals surface area (Å²) in [7, 11) is 0. The first-order valence-corrected chi connectivity index (χ1v) is 12.1. The van der Waals surface area contributed by atoms with Crippen LogP contribution in [-0.2, 0) is 19.2 Å². The zero-order valence-electron chi connectivity index (χ0n) is 19.9. The second-order valence-corrected chi connectivity index (χ2v) is 9.56. The van der Waals surface area contributed by atoms with Crippen molar-refractivity contribution in [3.63, 3.8) is 0 Å². The van der Waals surface area contributed by atoms with Crippen molar-refractivity contribution in [1.82, 2.24) is 15.5 Å². The second kappa shape index (κ2) is 10.6. The van der Waals surface area contributed by atoms with Crippen molar-refractivity contribution in [3.8, 4) is 0 Å². The molecule has 2 unspecified atom stereocenters. The number of carbonyl (C=O) groups is 5. The number of carbonyl (C=O) groups excluding carboxylic acids is 5. The Morgan fingerprint density at radius 2 is 1.84 bits per heavy atom. The number of imide groups is 2. The molecule has 0 spiro atoms. The Balaban J connectivity index is 1.43. The van der Waals surface area contributed by atoms with Crippen LogP contribution in [0.15, 0.2) is 48.2 Å². The molecule has 0 aliphatic carbocycles. The zero-order chi connectivity index (χ0) is 26.9. The molecule has 0 bridgehead atoms. The van der Waals surface area contributed by atoms with Crippen LogP contribution in [0.25, 0.3) is 0 Å². The summed E-state index contributed by atoms with van der Waals surface area (Å²) in [5.74, 6) is -2.49. The van der Waals surface area contributed by atoms with Gasteiger partial charge in [-0.3, -0.25) is 29.4 Å². The van der Waals surface area contributed by atoms with E-state index in [2.05, 4.69) is 21.3 Å². The summed E-state index contributed by atoms with van der Waals surface area (Å²) in [5, 5.41) is 11.4. The van der Waals surface area contributed by atoms with E-state index in [9.17, 15) is 24.0 Å². The molecule has 10 nitrogen and oxygen atoms in total. The number of benzene rings is 2. The van der Waals surface area contributed by atoms with Crippen molar-refractivity contribution < 1.29 is 24.0 Å². The van der Waals surface area contributed by atoms with Crippen molar-refractivity contribution in [2.75, 3.05) is 10.6 Å². The first kappa shape index (κ1) is 26.2. The number of aryl methyl sites for hydroxylation is 1. The maximum Gasteiger partial charge on any atom is 0.319 e. The minimum absolute atomic E-state index is 0.0311. The average molecular weight is 544 g/mol. The number of urea groups is 1. The van der Waals surface area contributed by atoms with Crippen molar-refractivity contribution in [2.45, 2.75) is 38.8 Å². The van der Waals surface area contributed by atoms with Crippen LogP contribution >= 0.6 is 23.2 Å². The van der Waals surface area contributed by atoms with Gasteiger partial charge in [-0.1, -0.05) is 29.3 Å². The highest BCUT2D eigenvalue weighted by molar-refractivity contribution is 6.31. The van der Waals surface area contributed by atoms with Gasteiger partial charge in [0, 0.05) is 33.9 Å². The average Bonchev–Trinajstić information content (AvgIpc) is 3.08. The molecule has 2 aliphatic rings. The van der Waals surface area contributed by atoms with Crippen molar-refractivity contribution in [1.29, 1.82) is 0 Å². The Kier molecular flexibility index (Phi) is 7.51. The summed E-state index contributed by atoms with van der Waals surface area (Å²) >= 11 is 12.4. The maximum atomic E-state index is 12.9. The fraction of sp³-hybridized carbons (Fsp3) is 0.240. The summed E-state index contributed by atoms with van der Waals surface area (Å²) in [4.78, 5) is 62.3. The van der Waals surface area contributed by atoms with Crippen LogP contribution in [0.4, 0.5) is 16.2 Å². The molecule has 4 N–H and O–H groups in total. The maximum absolute atomic E-state index is 12.9. The molecule has 4 rings (SSSR count). The van der Waals surface area contributed by atoms with Gasteiger partial charge in [-0.25, -0.2) is 4.79 Å². The lowest BCUT2D eigenvalue weighted by atomic mass is 10.0. The molecule has 0 aromatic heterocycles. The van der Waals surface area contributed by atoms with E-state index in [0.29, 0.717) is 27.0 Å². The lowest BCUT2D eigenvalue weighted by molar-refractivity contribution is -0.149.